The van der Waals surface area contributed by atoms with Crippen molar-refractivity contribution in [3.63, 3.8) is 0 Å². The van der Waals surface area contributed by atoms with Crippen LogP contribution in [0.5, 0.6) is 0 Å². The molecular weight excluding hydrogens is 915 g/mol. The van der Waals surface area contributed by atoms with E-state index in [1.807, 2.05) is 13.0 Å². The largest absolute Gasteiger partial charge is 0.446 e. The van der Waals surface area contributed by atoms with Crippen LogP contribution in [0.2, 0.25) is 0 Å². The standard InChI is InChI=1S/C48H63F4N5O10S/c1-6-10-27(7-2)18-39(61)54-23-40(62)55-37(24-58)42(64)56-35(11-8-9-16-53)41(63)57-36-19-28(12-13-33(36)50)43(65)67-48(44(66)68-25-49)26(3)17-30-31-21-34(51)32-20-29(59)14-15-45(32,4)47(31,52)38(60)22-46(30,48)5/h7,12-15,19-20,26,30-31,34-35,37-38,58,60H,6,8-11,16-18,21-25,53H2,1-5H3,(H,54,61)(H,55,62)(H,56,64)(H,57,63)/b27-7+/t26-,30+,31+,34+,35+,37+,38+,45+,46+,47+,48+/m1/s1. The maximum atomic E-state index is 17.9. The third kappa shape index (κ3) is 10.3. The molecule has 3 saturated carbocycles. The normalized spacial score (nSPS) is 30.4. The number of rotatable bonds is 20. The van der Waals surface area contributed by atoms with Crippen LogP contribution in [0, 0.1) is 34.4 Å². The number of esters is 1. The van der Waals surface area contributed by atoms with E-state index in [9.17, 15) is 48.2 Å². The van der Waals surface area contributed by atoms with Crippen LogP contribution < -0.4 is 27.0 Å². The van der Waals surface area contributed by atoms with Crippen LogP contribution in [0.4, 0.5) is 23.2 Å². The second kappa shape index (κ2) is 22.2. The molecule has 0 unspecified atom stereocenters. The topological polar surface area (TPSA) is 243 Å². The molecule has 0 heterocycles. The Morgan fingerprint density at radius 2 is 1.76 bits per heavy atom. The lowest BCUT2D eigenvalue weighted by Crippen LogP contribution is -2.70. The summed E-state index contributed by atoms with van der Waals surface area (Å²) in [5, 5.41) is 30.5. The third-order valence-corrected chi connectivity index (χ3v) is 15.3. The van der Waals surface area contributed by atoms with Crippen LogP contribution in [-0.2, 0) is 33.5 Å². The van der Waals surface area contributed by atoms with E-state index in [2.05, 4.69) is 21.3 Å². The number of nitrogens with two attached hydrogens (primary N) is 1. The molecule has 0 radical (unpaired) electrons. The van der Waals surface area contributed by atoms with Gasteiger partial charge in [-0.2, -0.15) is 0 Å². The maximum absolute atomic E-state index is 17.9. The number of amides is 4. The highest BCUT2D eigenvalue weighted by Crippen LogP contribution is 2.72. The molecule has 374 valence electrons. The van der Waals surface area contributed by atoms with E-state index in [0.717, 1.165) is 42.3 Å². The number of fused-ring (bicyclic) bond motifs is 5. The quantitative estimate of drug-likeness (QED) is 0.0405. The van der Waals surface area contributed by atoms with Gasteiger partial charge in [0.05, 0.1) is 30.5 Å². The van der Waals surface area contributed by atoms with Crippen molar-refractivity contribution in [2.75, 3.05) is 31.0 Å². The molecule has 1 aromatic rings. The number of thioether (sulfide) groups is 1. The Balaban J connectivity index is 1.36. The van der Waals surface area contributed by atoms with Crippen LogP contribution in [-0.4, -0.2) is 112 Å². The van der Waals surface area contributed by atoms with Crippen molar-refractivity contribution in [3.05, 3.63) is 65.0 Å². The predicted molar refractivity (Wildman–Crippen MR) is 245 cm³/mol. The summed E-state index contributed by atoms with van der Waals surface area (Å²) in [6, 6.07) is -1.43. The van der Waals surface area contributed by atoms with E-state index in [0.29, 0.717) is 19.3 Å². The first-order valence-electron chi connectivity index (χ1n) is 23.0. The van der Waals surface area contributed by atoms with Crippen molar-refractivity contribution in [1.82, 2.24) is 16.0 Å². The monoisotopic (exact) mass is 977 g/mol. The number of alkyl halides is 3. The first-order valence-corrected chi connectivity index (χ1v) is 23.9. The molecule has 0 saturated heterocycles. The van der Waals surface area contributed by atoms with Gasteiger partial charge in [-0.3, -0.25) is 28.8 Å². The van der Waals surface area contributed by atoms with Crippen LogP contribution in [0.15, 0.2) is 53.6 Å². The minimum Gasteiger partial charge on any atom is -0.446 e. The molecule has 4 aliphatic carbocycles. The van der Waals surface area contributed by atoms with Crippen molar-refractivity contribution in [3.8, 4) is 0 Å². The number of hydrogen-bond donors (Lipinski definition) is 7. The molecule has 5 rings (SSSR count). The number of carbonyl (C=O) groups is 7. The number of aliphatic hydroxyl groups excluding tert-OH is 2. The Hall–Kier alpha value is -4.92. The first kappa shape index (κ1) is 54.0. The number of ketones is 1. The molecule has 68 heavy (non-hydrogen) atoms. The van der Waals surface area contributed by atoms with E-state index >= 15 is 13.2 Å². The zero-order valence-corrected chi connectivity index (χ0v) is 39.7. The first-order chi connectivity index (χ1) is 32.1. The summed E-state index contributed by atoms with van der Waals surface area (Å²) < 4.78 is 69.7. The molecule has 3 fully saturated rings. The van der Waals surface area contributed by atoms with Crippen molar-refractivity contribution < 1.29 is 66.1 Å². The molecular formula is C48H63F4N5O10S. The van der Waals surface area contributed by atoms with Crippen LogP contribution in [0.1, 0.15) is 103 Å². The summed E-state index contributed by atoms with van der Waals surface area (Å²) in [5.41, 5.74) is -2.64. The highest BCUT2D eigenvalue weighted by atomic mass is 32.2. The summed E-state index contributed by atoms with van der Waals surface area (Å²) in [6.45, 7) is 7.07. The SMILES string of the molecule is C/C=C(\CCC)CC(=O)NCC(=O)N[C@@H](CO)C(=O)N[C@@H](CCCCN)C(=O)Nc1cc(C(=O)O[C@]2(C(=O)SCF)[C@H](C)C[C@H]3[C@@H]4C[C@H](F)C5=CC(=O)C=C[C@]5(C)[C@@]4(F)[C@@H](O)C[C@@]32C)ccc1F. The number of ether oxygens (including phenoxy) is 1. The summed E-state index contributed by atoms with van der Waals surface area (Å²) in [6.07, 6.45) is 2.87. The number of allylic oxidation sites excluding steroid dienone is 5. The number of anilines is 1. The Morgan fingerprint density at radius 1 is 1.04 bits per heavy atom. The fraction of sp³-hybridized carbons (Fsp3) is 0.604. The van der Waals surface area contributed by atoms with E-state index in [1.54, 1.807) is 13.8 Å². The second-order valence-corrected chi connectivity index (χ2v) is 19.5. The van der Waals surface area contributed by atoms with Crippen molar-refractivity contribution in [2.45, 2.75) is 128 Å². The van der Waals surface area contributed by atoms with E-state index in [4.69, 9.17) is 10.5 Å². The van der Waals surface area contributed by atoms with Gasteiger partial charge in [0.25, 0.3) is 0 Å². The number of hydrogen-bond acceptors (Lipinski definition) is 12. The van der Waals surface area contributed by atoms with Crippen molar-refractivity contribution >= 4 is 57.9 Å². The lowest BCUT2D eigenvalue weighted by Gasteiger charge is -2.63. The molecule has 0 spiro atoms. The Kier molecular flexibility index (Phi) is 17.7. The molecule has 0 aromatic heterocycles. The van der Waals surface area contributed by atoms with Gasteiger partial charge in [-0.05, 0) is 119 Å². The molecule has 0 bridgehead atoms. The van der Waals surface area contributed by atoms with Crippen LogP contribution >= 0.6 is 11.8 Å². The number of aliphatic hydroxyl groups is 2. The fourth-order valence-electron chi connectivity index (χ4n) is 11.1. The van der Waals surface area contributed by atoms with E-state index in [-0.39, 0.29) is 48.7 Å². The highest BCUT2D eigenvalue weighted by Gasteiger charge is 2.78. The van der Waals surface area contributed by atoms with Crippen LogP contribution in [0.25, 0.3) is 0 Å². The summed E-state index contributed by atoms with van der Waals surface area (Å²) in [5.74, 6) is -9.08. The predicted octanol–water partition coefficient (Wildman–Crippen LogP) is 4.76. The van der Waals surface area contributed by atoms with Gasteiger partial charge in [0.15, 0.2) is 17.1 Å². The zero-order valence-electron chi connectivity index (χ0n) is 38.9. The van der Waals surface area contributed by atoms with Gasteiger partial charge in [0.1, 0.15) is 30.1 Å². The molecule has 20 heteroatoms. The van der Waals surface area contributed by atoms with Gasteiger partial charge < -0.3 is 42.0 Å². The number of carbonyl (C=O) groups excluding carboxylic acids is 7. The molecule has 1 aromatic carbocycles. The minimum absolute atomic E-state index is 0.00790. The molecule has 11 atom stereocenters. The van der Waals surface area contributed by atoms with Crippen LogP contribution in [0.3, 0.4) is 0 Å². The smallest absolute Gasteiger partial charge is 0.339 e. The zero-order chi connectivity index (χ0) is 50.4. The maximum Gasteiger partial charge on any atom is 0.339 e. The summed E-state index contributed by atoms with van der Waals surface area (Å²) >= 11 is 0.208. The molecule has 0 aliphatic heterocycles. The Bertz CT molecular complexity index is 2230. The lowest BCUT2D eigenvalue weighted by atomic mass is 9.44. The summed E-state index contributed by atoms with van der Waals surface area (Å²) in [4.78, 5) is 93.0. The third-order valence-electron chi connectivity index (χ3n) is 14.6. The average molecular weight is 978 g/mol. The van der Waals surface area contributed by atoms with E-state index < -0.39 is 148 Å². The second-order valence-electron chi connectivity index (χ2n) is 18.6. The summed E-state index contributed by atoms with van der Waals surface area (Å²) in [7, 11) is 0. The number of unbranched alkanes of at least 4 members (excludes halogenated alkanes) is 1. The Labute approximate surface area is 397 Å². The highest BCUT2D eigenvalue weighted by molar-refractivity contribution is 8.13. The minimum atomic E-state index is -2.53. The molecule has 15 nitrogen and oxygen atoms in total. The number of nitrogens with one attached hydrogen (secondary N) is 4. The lowest BCUT2D eigenvalue weighted by molar-refractivity contribution is -0.221. The average Bonchev–Trinajstić information content (AvgIpc) is 3.51. The Morgan fingerprint density at radius 3 is 2.41 bits per heavy atom. The van der Waals surface area contributed by atoms with Gasteiger partial charge in [-0.1, -0.05) is 44.9 Å². The molecule has 4 amide bonds. The molecule has 4 aliphatic rings. The van der Waals surface area contributed by atoms with Crippen molar-refractivity contribution in [1.29, 1.82) is 0 Å². The van der Waals surface area contributed by atoms with Gasteiger partial charge in [-0.15, -0.1) is 0 Å². The van der Waals surface area contributed by atoms with Gasteiger partial charge in [0, 0.05) is 29.1 Å². The molecule has 8 N–H and O–H groups in total. The number of halogens is 4. The van der Waals surface area contributed by atoms with Crippen molar-refractivity contribution in [2.24, 2.45) is 34.3 Å². The van der Waals surface area contributed by atoms with Gasteiger partial charge in [-0.25, -0.2) is 22.4 Å². The number of benzene rings is 1. The fourth-order valence-corrected chi connectivity index (χ4v) is 11.9. The van der Waals surface area contributed by atoms with Gasteiger partial charge >= 0.3 is 5.97 Å². The van der Waals surface area contributed by atoms with Gasteiger partial charge in [0.2, 0.25) is 28.7 Å². The van der Waals surface area contributed by atoms with E-state index in [1.165, 1.54) is 19.9 Å².